The number of nitrogens with one attached hydrogen (secondary N) is 1. The maximum absolute atomic E-state index is 6.29. The highest BCUT2D eigenvalue weighted by molar-refractivity contribution is 6.42. The molecule has 1 unspecified atom stereocenters. The maximum Gasteiger partial charge on any atom is 0.0697 e. The lowest BCUT2D eigenvalue weighted by Crippen LogP contribution is -2.42. The number of hydrogen-bond acceptors (Lipinski definition) is 2. The third kappa shape index (κ3) is 2.67. The van der Waals surface area contributed by atoms with Crippen LogP contribution in [0.25, 0.3) is 0 Å². The normalized spacial score (nSPS) is 19.3. The molecule has 1 fully saturated rings. The monoisotopic (exact) mass is 287 g/mol. The van der Waals surface area contributed by atoms with Crippen LogP contribution in [0.3, 0.4) is 0 Å². The zero-order valence-corrected chi connectivity index (χ0v) is 12.3. The number of benzene rings is 1. The number of ether oxygens (including phenoxy) is 1. The Labute approximate surface area is 119 Å². The van der Waals surface area contributed by atoms with Crippen molar-refractivity contribution in [2.75, 3.05) is 14.2 Å². The zero-order valence-electron chi connectivity index (χ0n) is 10.8. The van der Waals surface area contributed by atoms with Crippen LogP contribution in [0.1, 0.15) is 37.3 Å². The summed E-state index contributed by atoms with van der Waals surface area (Å²) < 4.78 is 5.68. The lowest BCUT2D eigenvalue weighted by atomic mass is 9.74. The average Bonchev–Trinajstić information content (AvgIpc) is 2.33. The van der Waals surface area contributed by atoms with Crippen molar-refractivity contribution in [1.29, 1.82) is 0 Å². The smallest absolute Gasteiger partial charge is 0.0697 e. The molecule has 0 spiro atoms. The van der Waals surface area contributed by atoms with Gasteiger partial charge in [0, 0.05) is 13.2 Å². The Morgan fingerprint density at radius 1 is 1.39 bits per heavy atom. The van der Waals surface area contributed by atoms with Crippen LogP contribution >= 0.6 is 23.2 Å². The van der Waals surface area contributed by atoms with Crippen molar-refractivity contribution in [2.24, 2.45) is 0 Å². The summed E-state index contributed by atoms with van der Waals surface area (Å²) in [7, 11) is 3.75. The molecular formula is C14H19Cl2NO. The summed E-state index contributed by atoms with van der Waals surface area (Å²) in [6, 6.07) is 5.96. The molecule has 0 saturated heterocycles. The molecule has 0 aliphatic heterocycles. The van der Waals surface area contributed by atoms with E-state index in [1.54, 1.807) is 7.11 Å². The molecule has 0 bridgehead atoms. The first kappa shape index (κ1) is 14.1. The van der Waals surface area contributed by atoms with E-state index in [0.29, 0.717) is 10.0 Å². The minimum Gasteiger partial charge on any atom is -0.378 e. The minimum atomic E-state index is 0.0132. The van der Waals surface area contributed by atoms with E-state index in [4.69, 9.17) is 27.9 Å². The Bertz CT molecular complexity index is 413. The van der Waals surface area contributed by atoms with Crippen molar-refractivity contribution in [3.05, 3.63) is 33.8 Å². The number of rotatable bonds is 5. The first-order valence-electron chi connectivity index (χ1n) is 6.28. The average molecular weight is 288 g/mol. The van der Waals surface area contributed by atoms with E-state index >= 15 is 0 Å². The maximum atomic E-state index is 6.29. The van der Waals surface area contributed by atoms with Crippen molar-refractivity contribution in [3.8, 4) is 0 Å². The molecule has 1 saturated carbocycles. The van der Waals surface area contributed by atoms with Gasteiger partial charge in [-0.3, -0.25) is 0 Å². The van der Waals surface area contributed by atoms with Crippen LogP contribution in [0.2, 0.25) is 10.0 Å². The molecule has 1 aliphatic rings. The molecule has 1 aromatic carbocycles. The lowest BCUT2D eigenvalue weighted by molar-refractivity contribution is -0.0834. The van der Waals surface area contributed by atoms with Gasteiger partial charge in [0.25, 0.3) is 0 Å². The molecule has 0 radical (unpaired) electrons. The summed E-state index contributed by atoms with van der Waals surface area (Å²) >= 11 is 12.4. The molecule has 18 heavy (non-hydrogen) atoms. The Hall–Kier alpha value is -0.280. The second-order valence-electron chi connectivity index (χ2n) is 4.93. The van der Waals surface area contributed by atoms with Gasteiger partial charge in [-0.05, 0) is 44.4 Å². The van der Waals surface area contributed by atoms with E-state index in [9.17, 15) is 0 Å². The summed E-state index contributed by atoms with van der Waals surface area (Å²) in [5.74, 6) is 0. The molecule has 1 aromatic rings. The zero-order chi connectivity index (χ0) is 13.2. The first-order chi connectivity index (χ1) is 8.62. The Morgan fingerprint density at radius 2 is 2.11 bits per heavy atom. The van der Waals surface area contributed by atoms with Crippen LogP contribution < -0.4 is 5.32 Å². The fourth-order valence-electron chi connectivity index (χ4n) is 2.59. The largest absolute Gasteiger partial charge is 0.378 e. The summed E-state index contributed by atoms with van der Waals surface area (Å²) in [6.45, 7) is 0. The van der Waals surface area contributed by atoms with Crippen molar-refractivity contribution < 1.29 is 4.74 Å². The predicted molar refractivity (Wildman–Crippen MR) is 76.5 cm³/mol. The quantitative estimate of drug-likeness (QED) is 0.876. The Balaban J connectivity index is 2.20. The van der Waals surface area contributed by atoms with Gasteiger partial charge in [0.1, 0.15) is 0 Å². The molecule has 4 heteroatoms. The minimum absolute atomic E-state index is 0.0132. The molecule has 1 atom stereocenters. The van der Waals surface area contributed by atoms with Gasteiger partial charge < -0.3 is 10.1 Å². The predicted octanol–water partition coefficient (Wildman–Crippen LogP) is 4.21. The fraction of sp³-hybridized carbons (Fsp3) is 0.571. The highest BCUT2D eigenvalue weighted by Gasteiger charge is 2.39. The van der Waals surface area contributed by atoms with Gasteiger partial charge in [-0.1, -0.05) is 35.3 Å². The number of halogens is 2. The molecule has 2 nitrogen and oxygen atoms in total. The summed E-state index contributed by atoms with van der Waals surface area (Å²) in [4.78, 5) is 0. The molecule has 1 aliphatic carbocycles. The molecule has 1 N–H and O–H groups in total. The van der Waals surface area contributed by atoms with Gasteiger partial charge in [-0.25, -0.2) is 0 Å². The van der Waals surface area contributed by atoms with Gasteiger partial charge in [0.05, 0.1) is 15.6 Å². The second kappa shape index (κ2) is 5.79. The number of hydrogen-bond donors (Lipinski definition) is 1. The van der Waals surface area contributed by atoms with Crippen LogP contribution in [0.15, 0.2) is 18.2 Å². The topological polar surface area (TPSA) is 21.3 Å². The lowest BCUT2D eigenvalue weighted by Gasteiger charge is -2.43. The second-order valence-corrected chi connectivity index (χ2v) is 5.71. The fourth-order valence-corrected chi connectivity index (χ4v) is 3.03. The Kier molecular flexibility index (Phi) is 4.54. The van der Waals surface area contributed by atoms with Crippen molar-refractivity contribution in [3.63, 3.8) is 0 Å². The molecule has 0 amide bonds. The standard InChI is InChI=1S/C14H19Cl2NO/c1-17-12(9-14(18-2)7-4-8-14)10-5-3-6-11(15)13(10)16/h3,5-6,12,17H,4,7-9H2,1-2H3. The molecular weight excluding hydrogens is 269 g/mol. The van der Waals surface area contributed by atoms with E-state index in [1.807, 2.05) is 25.2 Å². The van der Waals surface area contributed by atoms with Gasteiger partial charge in [-0.15, -0.1) is 0 Å². The van der Waals surface area contributed by atoms with E-state index in [0.717, 1.165) is 24.8 Å². The van der Waals surface area contributed by atoms with Crippen molar-refractivity contribution in [1.82, 2.24) is 5.32 Å². The van der Waals surface area contributed by atoms with E-state index in [-0.39, 0.29) is 11.6 Å². The van der Waals surface area contributed by atoms with Crippen LogP contribution in [0.5, 0.6) is 0 Å². The third-order valence-electron chi connectivity index (χ3n) is 3.98. The SMILES string of the molecule is CNC(CC1(OC)CCC1)c1cccc(Cl)c1Cl. The highest BCUT2D eigenvalue weighted by Crippen LogP contribution is 2.43. The van der Waals surface area contributed by atoms with E-state index < -0.39 is 0 Å². The van der Waals surface area contributed by atoms with E-state index in [1.165, 1.54) is 6.42 Å². The third-order valence-corrected chi connectivity index (χ3v) is 4.81. The summed E-state index contributed by atoms with van der Waals surface area (Å²) in [6.07, 6.45) is 4.42. The highest BCUT2D eigenvalue weighted by atomic mass is 35.5. The molecule has 0 aromatic heterocycles. The van der Waals surface area contributed by atoms with Gasteiger partial charge in [-0.2, -0.15) is 0 Å². The van der Waals surface area contributed by atoms with Gasteiger partial charge >= 0.3 is 0 Å². The first-order valence-corrected chi connectivity index (χ1v) is 7.04. The van der Waals surface area contributed by atoms with Crippen LogP contribution in [0, 0.1) is 0 Å². The van der Waals surface area contributed by atoms with Crippen molar-refractivity contribution >= 4 is 23.2 Å². The summed E-state index contributed by atoms with van der Waals surface area (Å²) in [5.41, 5.74) is 1.06. The van der Waals surface area contributed by atoms with Crippen LogP contribution in [-0.4, -0.2) is 19.8 Å². The molecule has 100 valence electrons. The number of methoxy groups -OCH3 is 1. The molecule has 0 heterocycles. The Morgan fingerprint density at radius 3 is 2.61 bits per heavy atom. The van der Waals surface area contributed by atoms with Crippen LogP contribution in [0.4, 0.5) is 0 Å². The van der Waals surface area contributed by atoms with Gasteiger partial charge in [0.15, 0.2) is 0 Å². The van der Waals surface area contributed by atoms with Crippen molar-refractivity contribution in [2.45, 2.75) is 37.3 Å². The summed E-state index contributed by atoms with van der Waals surface area (Å²) in [5, 5.41) is 4.57. The van der Waals surface area contributed by atoms with Crippen LogP contribution in [-0.2, 0) is 4.74 Å². The van der Waals surface area contributed by atoms with E-state index in [2.05, 4.69) is 5.32 Å². The molecule has 2 rings (SSSR count). The van der Waals surface area contributed by atoms with Gasteiger partial charge in [0.2, 0.25) is 0 Å².